The highest BCUT2D eigenvalue weighted by molar-refractivity contribution is 5.94. The van der Waals surface area contributed by atoms with Crippen molar-refractivity contribution < 1.29 is 14.6 Å². The number of nitrogens with zero attached hydrogens (tertiary/aromatic N) is 1. The molecular formula is C16H23NO3. The predicted octanol–water partition coefficient (Wildman–Crippen LogP) is 2.07. The van der Waals surface area contributed by atoms with Gasteiger partial charge < -0.3 is 14.7 Å². The first-order valence-electron chi connectivity index (χ1n) is 7.17. The Bertz CT molecular complexity index is 442. The number of ether oxygens (including phenoxy) is 1. The number of piperidine rings is 1. The number of hydrogen-bond donors (Lipinski definition) is 1. The van der Waals surface area contributed by atoms with Gasteiger partial charge in [0.2, 0.25) is 0 Å². The Morgan fingerprint density at radius 2 is 2.15 bits per heavy atom. The lowest BCUT2D eigenvalue weighted by molar-refractivity contribution is 0.0466. The van der Waals surface area contributed by atoms with E-state index in [1.165, 1.54) is 0 Å². The van der Waals surface area contributed by atoms with Crippen LogP contribution in [0.4, 0.5) is 0 Å². The van der Waals surface area contributed by atoms with Gasteiger partial charge in [0.15, 0.2) is 0 Å². The Hall–Kier alpha value is -1.39. The van der Waals surface area contributed by atoms with Crippen LogP contribution in [-0.4, -0.2) is 42.2 Å². The largest absolute Gasteiger partial charge is 0.393 e. The molecule has 1 aliphatic rings. The maximum Gasteiger partial charge on any atom is 0.253 e. The van der Waals surface area contributed by atoms with Crippen LogP contribution >= 0.6 is 0 Å². The minimum Gasteiger partial charge on any atom is -0.393 e. The van der Waals surface area contributed by atoms with E-state index < -0.39 is 0 Å². The second kappa shape index (κ2) is 6.86. The van der Waals surface area contributed by atoms with Gasteiger partial charge in [-0.25, -0.2) is 0 Å². The Morgan fingerprint density at radius 3 is 2.75 bits per heavy atom. The van der Waals surface area contributed by atoms with Crippen LogP contribution in [0, 0.1) is 5.92 Å². The fourth-order valence-corrected chi connectivity index (χ4v) is 2.68. The maximum absolute atomic E-state index is 12.5. The van der Waals surface area contributed by atoms with Crippen molar-refractivity contribution in [2.75, 3.05) is 20.2 Å². The van der Waals surface area contributed by atoms with Crippen molar-refractivity contribution in [3.63, 3.8) is 0 Å². The molecule has 1 fully saturated rings. The summed E-state index contributed by atoms with van der Waals surface area (Å²) in [5.41, 5.74) is 1.76. The number of benzene rings is 1. The second-order valence-electron chi connectivity index (χ2n) is 5.52. The van der Waals surface area contributed by atoms with Crippen LogP contribution in [0.15, 0.2) is 24.3 Å². The molecule has 0 aromatic heterocycles. The number of carbonyl (C=O) groups is 1. The van der Waals surface area contributed by atoms with Gasteiger partial charge in [0.1, 0.15) is 0 Å². The molecule has 4 nitrogen and oxygen atoms in total. The number of aliphatic hydroxyl groups is 1. The maximum atomic E-state index is 12.5. The Kier molecular flexibility index (Phi) is 5.15. The second-order valence-corrected chi connectivity index (χ2v) is 5.52. The van der Waals surface area contributed by atoms with Crippen LogP contribution in [0.1, 0.15) is 35.7 Å². The SMILES string of the molecule is COCc1ccc(C(=O)N2CCCC(C(C)O)C2)cc1. The first-order chi connectivity index (χ1) is 9.61. The van der Waals surface area contributed by atoms with Crippen molar-refractivity contribution >= 4 is 5.91 Å². The molecule has 0 spiro atoms. The van der Waals surface area contributed by atoms with E-state index in [1.807, 2.05) is 29.2 Å². The third-order valence-corrected chi connectivity index (χ3v) is 3.94. The lowest BCUT2D eigenvalue weighted by atomic mass is 9.93. The van der Waals surface area contributed by atoms with Gasteiger partial charge in [0.25, 0.3) is 5.91 Å². The molecule has 20 heavy (non-hydrogen) atoms. The lowest BCUT2D eigenvalue weighted by Gasteiger charge is -2.34. The number of amides is 1. The molecule has 0 radical (unpaired) electrons. The number of hydrogen-bond acceptors (Lipinski definition) is 3. The average molecular weight is 277 g/mol. The molecule has 1 aromatic rings. The van der Waals surface area contributed by atoms with Crippen molar-refractivity contribution in [1.29, 1.82) is 0 Å². The van der Waals surface area contributed by atoms with Crippen molar-refractivity contribution in [2.24, 2.45) is 5.92 Å². The summed E-state index contributed by atoms with van der Waals surface area (Å²) < 4.78 is 5.06. The van der Waals surface area contributed by atoms with Crippen LogP contribution in [0.3, 0.4) is 0 Å². The van der Waals surface area contributed by atoms with E-state index in [0.717, 1.165) is 24.9 Å². The highest BCUT2D eigenvalue weighted by atomic mass is 16.5. The molecule has 1 heterocycles. The molecule has 1 amide bonds. The summed E-state index contributed by atoms with van der Waals surface area (Å²) >= 11 is 0. The van der Waals surface area contributed by atoms with Gasteiger partial charge in [0, 0.05) is 31.7 Å². The van der Waals surface area contributed by atoms with E-state index >= 15 is 0 Å². The fourth-order valence-electron chi connectivity index (χ4n) is 2.68. The summed E-state index contributed by atoms with van der Waals surface area (Å²) in [5.74, 6) is 0.250. The number of carbonyl (C=O) groups excluding carboxylic acids is 1. The molecule has 0 aliphatic carbocycles. The van der Waals surface area contributed by atoms with Crippen LogP contribution in [0.5, 0.6) is 0 Å². The molecule has 0 saturated carbocycles. The molecular weight excluding hydrogens is 254 g/mol. The summed E-state index contributed by atoms with van der Waals surface area (Å²) in [7, 11) is 1.66. The minimum absolute atomic E-state index is 0.0549. The number of aliphatic hydroxyl groups excluding tert-OH is 1. The zero-order valence-corrected chi connectivity index (χ0v) is 12.2. The Morgan fingerprint density at radius 1 is 1.45 bits per heavy atom. The lowest BCUT2D eigenvalue weighted by Crippen LogP contribution is -2.42. The van der Waals surface area contributed by atoms with E-state index in [-0.39, 0.29) is 17.9 Å². The third kappa shape index (κ3) is 3.58. The van der Waals surface area contributed by atoms with Gasteiger partial charge in [-0.1, -0.05) is 12.1 Å². The van der Waals surface area contributed by atoms with E-state index in [0.29, 0.717) is 18.7 Å². The van der Waals surface area contributed by atoms with Crippen LogP contribution < -0.4 is 0 Å². The highest BCUT2D eigenvalue weighted by Gasteiger charge is 2.26. The topological polar surface area (TPSA) is 49.8 Å². The zero-order valence-electron chi connectivity index (χ0n) is 12.2. The molecule has 2 unspecified atom stereocenters. The minimum atomic E-state index is -0.352. The van der Waals surface area contributed by atoms with E-state index in [9.17, 15) is 9.90 Å². The normalized spacial score (nSPS) is 20.8. The Labute approximate surface area is 120 Å². The first kappa shape index (κ1) is 15.0. The van der Waals surface area contributed by atoms with E-state index in [1.54, 1.807) is 14.0 Å². The Balaban J connectivity index is 2.02. The first-order valence-corrected chi connectivity index (χ1v) is 7.17. The van der Waals surface area contributed by atoms with Gasteiger partial charge in [0.05, 0.1) is 12.7 Å². The molecule has 1 aliphatic heterocycles. The van der Waals surface area contributed by atoms with Gasteiger partial charge in [-0.05, 0) is 37.5 Å². The van der Waals surface area contributed by atoms with Gasteiger partial charge in [-0.15, -0.1) is 0 Å². The predicted molar refractivity (Wildman–Crippen MR) is 77.5 cm³/mol. The molecule has 110 valence electrons. The summed E-state index contributed by atoms with van der Waals surface area (Å²) in [4.78, 5) is 14.3. The number of methoxy groups -OCH3 is 1. The molecule has 2 atom stereocenters. The molecule has 1 saturated heterocycles. The van der Waals surface area contributed by atoms with Crippen LogP contribution in [0.2, 0.25) is 0 Å². The smallest absolute Gasteiger partial charge is 0.253 e. The van der Waals surface area contributed by atoms with Crippen LogP contribution in [-0.2, 0) is 11.3 Å². The molecule has 1 aromatic carbocycles. The van der Waals surface area contributed by atoms with Gasteiger partial charge in [-0.2, -0.15) is 0 Å². The van der Waals surface area contributed by atoms with Crippen molar-refractivity contribution in [2.45, 2.75) is 32.5 Å². The van der Waals surface area contributed by atoms with Crippen molar-refractivity contribution in [3.8, 4) is 0 Å². The molecule has 4 heteroatoms. The van der Waals surface area contributed by atoms with Gasteiger partial charge >= 0.3 is 0 Å². The molecule has 1 N–H and O–H groups in total. The monoisotopic (exact) mass is 277 g/mol. The van der Waals surface area contributed by atoms with Crippen molar-refractivity contribution in [3.05, 3.63) is 35.4 Å². The molecule has 2 rings (SSSR count). The van der Waals surface area contributed by atoms with Gasteiger partial charge in [-0.3, -0.25) is 4.79 Å². The fraction of sp³-hybridized carbons (Fsp3) is 0.562. The number of rotatable bonds is 4. The van der Waals surface area contributed by atoms with Crippen molar-refractivity contribution in [1.82, 2.24) is 4.90 Å². The van der Waals surface area contributed by atoms with E-state index in [2.05, 4.69) is 0 Å². The standard InChI is InChI=1S/C16H23NO3/c1-12(18)15-4-3-9-17(10-15)16(19)14-7-5-13(6-8-14)11-20-2/h5-8,12,15,18H,3-4,9-11H2,1-2H3. The third-order valence-electron chi connectivity index (χ3n) is 3.94. The molecule has 0 bridgehead atoms. The summed E-state index contributed by atoms with van der Waals surface area (Å²) in [6.07, 6.45) is 1.60. The number of likely N-dealkylation sites (tertiary alicyclic amines) is 1. The summed E-state index contributed by atoms with van der Waals surface area (Å²) in [6.45, 7) is 3.79. The highest BCUT2D eigenvalue weighted by Crippen LogP contribution is 2.21. The zero-order chi connectivity index (χ0) is 14.5. The summed E-state index contributed by atoms with van der Waals surface area (Å²) in [5, 5.41) is 9.69. The average Bonchev–Trinajstić information content (AvgIpc) is 2.48. The quantitative estimate of drug-likeness (QED) is 0.916. The van der Waals surface area contributed by atoms with E-state index in [4.69, 9.17) is 4.74 Å². The summed E-state index contributed by atoms with van der Waals surface area (Å²) in [6, 6.07) is 7.55. The van der Waals surface area contributed by atoms with Crippen LogP contribution in [0.25, 0.3) is 0 Å².